The molecule has 2 heterocycles. The van der Waals surface area contributed by atoms with Crippen molar-refractivity contribution in [1.82, 2.24) is 8.87 Å². The number of hydrogen-bond donors (Lipinski definition) is 1. The molecule has 5 rings (SSSR count). The lowest BCUT2D eigenvalue weighted by molar-refractivity contribution is -0.136. The Morgan fingerprint density at radius 3 is 2.49 bits per heavy atom. The number of rotatable bonds is 8. The molecule has 0 bridgehead atoms. The molecule has 2 atom stereocenters. The van der Waals surface area contributed by atoms with Gasteiger partial charge in [-0.15, -0.1) is 0 Å². The van der Waals surface area contributed by atoms with Gasteiger partial charge in [0.05, 0.1) is 24.0 Å². The Labute approximate surface area is 206 Å². The number of sulfonamides is 1. The van der Waals surface area contributed by atoms with Crippen LogP contribution < -0.4 is 4.74 Å². The second kappa shape index (κ2) is 9.32. The van der Waals surface area contributed by atoms with Crippen LogP contribution in [0.15, 0.2) is 53.6 Å². The third-order valence-corrected chi connectivity index (χ3v) is 9.44. The third-order valence-electron chi connectivity index (χ3n) is 7.60. The van der Waals surface area contributed by atoms with Crippen LogP contribution in [-0.4, -0.2) is 48.1 Å². The first-order valence-corrected chi connectivity index (χ1v) is 13.8. The van der Waals surface area contributed by atoms with Gasteiger partial charge in [-0.25, -0.2) is 8.42 Å². The molecule has 1 saturated heterocycles. The predicted molar refractivity (Wildman–Crippen MR) is 134 cm³/mol. The number of fused-ring (bicyclic) bond motifs is 1. The second-order valence-corrected chi connectivity index (χ2v) is 11.7. The van der Waals surface area contributed by atoms with E-state index in [0.717, 1.165) is 34.9 Å². The Hall–Kier alpha value is -2.84. The van der Waals surface area contributed by atoms with Crippen molar-refractivity contribution in [2.45, 2.75) is 50.5 Å². The van der Waals surface area contributed by atoms with Gasteiger partial charge in [0, 0.05) is 30.2 Å². The van der Waals surface area contributed by atoms with E-state index in [4.69, 9.17) is 4.74 Å². The molecule has 2 aliphatic rings. The maximum Gasteiger partial charge on any atom is 0.307 e. The lowest BCUT2D eigenvalue weighted by atomic mass is 9.74. The van der Waals surface area contributed by atoms with Gasteiger partial charge in [-0.2, -0.15) is 4.31 Å². The van der Waals surface area contributed by atoms with Crippen LogP contribution in [0.5, 0.6) is 5.75 Å². The SMILES string of the molecule is CCOc1ccc(S(=O)(=O)N2CC(C3CCC3)[C@@H](n3cc(CC(=O)O)c4ccc(C)cc43)C2)cc1. The zero-order valence-corrected chi connectivity index (χ0v) is 21.0. The average molecular weight is 497 g/mol. The molecule has 8 heteroatoms. The van der Waals surface area contributed by atoms with Crippen LogP contribution in [-0.2, 0) is 21.2 Å². The summed E-state index contributed by atoms with van der Waals surface area (Å²) in [6.45, 7) is 5.29. The fraction of sp³-hybridized carbons (Fsp3) is 0.444. The Morgan fingerprint density at radius 2 is 1.86 bits per heavy atom. The van der Waals surface area contributed by atoms with E-state index < -0.39 is 16.0 Å². The number of nitrogens with zero attached hydrogens (tertiary/aromatic N) is 2. The fourth-order valence-corrected chi connectivity index (χ4v) is 7.13. The highest BCUT2D eigenvalue weighted by atomic mass is 32.2. The van der Waals surface area contributed by atoms with Gasteiger partial charge in [-0.3, -0.25) is 4.79 Å². The summed E-state index contributed by atoms with van der Waals surface area (Å²) in [4.78, 5) is 11.8. The standard InChI is InChI=1S/C27H32N2O5S/c1-3-34-21-8-10-22(11-9-21)35(32,33)28-16-24(19-5-4-6-19)26(17-28)29-15-20(14-27(30)31)23-12-7-18(2)13-25(23)29/h7-13,15,19,24,26H,3-6,14,16-17H2,1-2H3,(H,30,31)/t24?,26-/m0/s1. The lowest BCUT2D eigenvalue weighted by Crippen LogP contribution is -2.31. The zero-order valence-electron chi connectivity index (χ0n) is 20.2. The number of aliphatic carboxylic acids is 1. The summed E-state index contributed by atoms with van der Waals surface area (Å²) in [5, 5.41) is 10.4. The van der Waals surface area contributed by atoms with E-state index in [1.807, 2.05) is 32.2 Å². The van der Waals surface area contributed by atoms with Crippen molar-refractivity contribution in [3.63, 3.8) is 0 Å². The molecule has 0 spiro atoms. The summed E-state index contributed by atoms with van der Waals surface area (Å²) in [6, 6.07) is 12.7. The fourth-order valence-electron chi connectivity index (χ4n) is 5.63. The third kappa shape index (κ3) is 4.45. The van der Waals surface area contributed by atoms with E-state index in [1.165, 1.54) is 6.42 Å². The van der Waals surface area contributed by atoms with Crippen LogP contribution in [0, 0.1) is 18.8 Å². The number of aryl methyl sites for hydroxylation is 1. The smallest absolute Gasteiger partial charge is 0.307 e. The van der Waals surface area contributed by atoms with Crippen LogP contribution in [0.3, 0.4) is 0 Å². The minimum absolute atomic E-state index is 0.0374. The molecule has 0 radical (unpaired) electrons. The summed E-state index contributed by atoms with van der Waals surface area (Å²) in [7, 11) is -3.67. The highest BCUT2D eigenvalue weighted by molar-refractivity contribution is 7.89. The van der Waals surface area contributed by atoms with Gasteiger partial charge in [0.1, 0.15) is 5.75 Å². The Balaban J connectivity index is 1.52. The van der Waals surface area contributed by atoms with Crippen LogP contribution in [0.4, 0.5) is 0 Å². The summed E-state index contributed by atoms with van der Waals surface area (Å²) in [5.74, 6) is 0.449. The maximum absolute atomic E-state index is 13.6. The normalized spacial score (nSPS) is 21.3. The molecule has 1 saturated carbocycles. The number of benzene rings is 2. The number of carboxylic acid groups (broad SMARTS) is 1. The molecule has 7 nitrogen and oxygen atoms in total. The van der Waals surface area contributed by atoms with Crippen molar-refractivity contribution in [3.05, 3.63) is 59.8 Å². The molecule has 2 aromatic carbocycles. The Kier molecular flexibility index (Phi) is 6.36. The number of carbonyl (C=O) groups is 1. The van der Waals surface area contributed by atoms with Crippen LogP contribution in [0.2, 0.25) is 0 Å². The Morgan fingerprint density at radius 1 is 1.11 bits per heavy atom. The van der Waals surface area contributed by atoms with Gasteiger partial charge in [0.15, 0.2) is 0 Å². The molecule has 35 heavy (non-hydrogen) atoms. The van der Waals surface area contributed by atoms with E-state index in [2.05, 4.69) is 10.6 Å². The van der Waals surface area contributed by atoms with Gasteiger partial charge in [-0.05, 0) is 67.1 Å². The van der Waals surface area contributed by atoms with Gasteiger partial charge in [0.25, 0.3) is 0 Å². The molecular formula is C27H32N2O5S. The lowest BCUT2D eigenvalue weighted by Gasteiger charge is -2.35. The predicted octanol–water partition coefficient (Wildman–Crippen LogP) is 4.64. The quantitative estimate of drug-likeness (QED) is 0.491. The highest BCUT2D eigenvalue weighted by Crippen LogP contribution is 2.45. The minimum Gasteiger partial charge on any atom is -0.494 e. The number of hydrogen-bond acceptors (Lipinski definition) is 4. The first-order valence-electron chi connectivity index (χ1n) is 12.3. The van der Waals surface area contributed by atoms with Gasteiger partial charge in [-0.1, -0.05) is 31.4 Å². The molecule has 1 aromatic heterocycles. The van der Waals surface area contributed by atoms with E-state index in [1.54, 1.807) is 28.6 Å². The average Bonchev–Trinajstić information content (AvgIpc) is 3.35. The molecule has 1 N–H and O–H groups in total. The molecule has 1 unspecified atom stereocenters. The first-order chi connectivity index (χ1) is 16.8. The van der Waals surface area contributed by atoms with E-state index in [9.17, 15) is 18.3 Å². The molecule has 1 aliphatic carbocycles. The van der Waals surface area contributed by atoms with Crippen molar-refractivity contribution in [2.24, 2.45) is 11.8 Å². The first kappa shape index (κ1) is 23.9. The molecule has 1 aliphatic heterocycles. The molecular weight excluding hydrogens is 464 g/mol. The maximum atomic E-state index is 13.6. The monoisotopic (exact) mass is 496 g/mol. The molecule has 0 amide bonds. The van der Waals surface area contributed by atoms with E-state index >= 15 is 0 Å². The number of carboxylic acids is 1. The van der Waals surface area contributed by atoms with Crippen molar-refractivity contribution >= 4 is 26.9 Å². The van der Waals surface area contributed by atoms with Crippen LogP contribution in [0.25, 0.3) is 10.9 Å². The summed E-state index contributed by atoms with van der Waals surface area (Å²) in [5.41, 5.74) is 2.85. The van der Waals surface area contributed by atoms with Crippen molar-refractivity contribution in [3.8, 4) is 5.75 Å². The van der Waals surface area contributed by atoms with Crippen molar-refractivity contribution in [2.75, 3.05) is 19.7 Å². The van der Waals surface area contributed by atoms with Gasteiger partial charge in [0.2, 0.25) is 10.0 Å². The molecule has 2 fully saturated rings. The second-order valence-electron chi connectivity index (χ2n) is 9.80. The van der Waals surface area contributed by atoms with Crippen LogP contribution >= 0.6 is 0 Å². The van der Waals surface area contributed by atoms with Gasteiger partial charge < -0.3 is 14.4 Å². The Bertz CT molecular complexity index is 1340. The number of aromatic nitrogens is 1. The van der Waals surface area contributed by atoms with Crippen molar-refractivity contribution in [1.29, 1.82) is 0 Å². The number of ether oxygens (including phenoxy) is 1. The van der Waals surface area contributed by atoms with Crippen LogP contribution in [0.1, 0.15) is 43.4 Å². The van der Waals surface area contributed by atoms with Crippen molar-refractivity contribution < 1.29 is 23.1 Å². The summed E-state index contributed by atoms with van der Waals surface area (Å²) in [6.07, 6.45) is 5.29. The topological polar surface area (TPSA) is 88.8 Å². The minimum atomic E-state index is -3.67. The largest absolute Gasteiger partial charge is 0.494 e. The molecule has 186 valence electrons. The summed E-state index contributed by atoms with van der Waals surface area (Å²) >= 11 is 0. The highest BCUT2D eigenvalue weighted by Gasteiger charge is 2.45. The van der Waals surface area contributed by atoms with E-state index in [0.29, 0.717) is 31.4 Å². The molecule has 3 aromatic rings. The van der Waals surface area contributed by atoms with E-state index in [-0.39, 0.29) is 23.3 Å². The van der Waals surface area contributed by atoms with Gasteiger partial charge >= 0.3 is 5.97 Å². The summed E-state index contributed by atoms with van der Waals surface area (Å²) < 4.78 is 36.5. The zero-order chi connectivity index (χ0) is 24.7.